The minimum atomic E-state index is -4.31. The lowest BCUT2D eigenvalue weighted by atomic mass is 10.2. The smallest absolute Gasteiger partial charge is 0.338 e. The average Bonchev–Trinajstić information content (AvgIpc) is 2.67. The van der Waals surface area contributed by atoms with Gasteiger partial charge in [0.2, 0.25) is 0 Å². The van der Waals surface area contributed by atoms with Crippen molar-refractivity contribution in [1.29, 1.82) is 0 Å². The summed E-state index contributed by atoms with van der Waals surface area (Å²) in [5.41, 5.74) is 0.821. The zero-order chi connectivity index (χ0) is 22.4. The first kappa shape index (κ1) is 23.9. The highest BCUT2D eigenvalue weighted by atomic mass is 32.2. The molecule has 1 amide bonds. The maximum atomic E-state index is 12.8. The van der Waals surface area contributed by atoms with Crippen LogP contribution in [0.15, 0.2) is 59.5 Å². The maximum absolute atomic E-state index is 12.8. The van der Waals surface area contributed by atoms with E-state index in [1.54, 1.807) is 37.3 Å². The molecular weight excluding hydrogens is 417 g/mol. The molecule has 30 heavy (non-hydrogen) atoms. The van der Waals surface area contributed by atoms with Crippen molar-refractivity contribution in [2.24, 2.45) is 0 Å². The third-order valence-corrected chi connectivity index (χ3v) is 6.19. The standard InChI is InChI=1S/C21H25F3N2O3S/c1-3-26(13-12-25(2)16-21(22,23)24)20(27)18-10-7-11-19(14-18)30(28,29)15-17-8-5-4-6-9-17/h4-11,14H,3,12-13,15-16H2,1-2H3. The summed E-state index contributed by atoms with van der Waals surface area (Å²) in [7, 11) is -2.32. The minimum Gasteiger partial charge on any atom is -0.338 e. The topological polar surface area (TPSA) is 57.7 Å². The number of nitrogens with zero attached hydrogens (tertiary/aromatic N) is 2. The molecule has 0 aliphatic heterocycles. The van der Waals surface area contributed by atoms with Crippen LogP contribution in [0.25, 0.3) is 0 Å². The SMILES string of the molecule is CCN(CCN(C)CC(F)(F)F)C(=O)c1cccc(S(=O)(=O)Cc2ccccc2)c1. The van der Waals surface area contributed by atoms with Gasteiger partial charge < -0.3 is 4.90 Å². The van der Waals surface area contributed by atoms with Crippen LogP contribution in [-0.2, 0) is 15.6 Å². The van der Waals surface area contributed by atoms with Crippen LogP contribution in [0.2, 0.25) is 0 Å². The second-order valence-corrected chi connectivity index (χ2v) is 9.00. The number of hydrogen-bond acceptors (Lipinski definition) is 4. The Balaban J connectivity index is 2.12. The molecule has 164 valence electrons. The molecule has 9 heteroatoms. The number of likely N-dealkylation sites (N-methyl/N-ethyl adjacent to an activating group) is 2. The summed E-state index contributed by atoms with van der Waals surface area (Å²) in [6, 6.07) is 14.5. The number of halogens is 3. The highest BCUT2D eigenvalue weighted by Gasteiger charge is 2.29. The van der Waals surface area contributed by atoms with Crippen LogP contribution in [0.3, 0.4) is 0 Å². The number of benzene rings is 2. The lowest BCUT2D eigenvalue weighted by molar-refractivity contribution is -0.143. The Labute approximate surface area is 175 Å². The molecule has 0 fully saturated rings. The predicted molar refractivity (Wildman–Crippen MR) is 109 cm³/mol. The van der Waals surface area contributed by atoms with Crippen molar-refractivity contribution in [3.8, 4) is 0 Å². The summed E-state index contributed by atoms with van der Waals surface area (Å²) >= 11 is 0. The Morgan fingerprint density at radius 2 is 1.67 bits per heavy atom. The largest absolute Gasteiger partial charge is 0.401 e. The molecule has 0 atom stereocenters. The van der Waals surface area contributed by atoms with Crippen LogP contribution >= 0.6 is 0 Å². The molecule has 5 nitrogen and oxygen atoms in total. The van der Waals surface area contributed by atoms with Gasteiger partial charge in [0.1, 0.15) is 0 Å². The fourth-order valence-electron chi connectivity index (χ4n) is 2.96. The molecule has 0 heterocycles. The zero-order valence-electron chi connectivity index (χ0n) is 16.9. The first-order valence-corrected chi connectivity index (χ1v) is 11.1. The third-order valence-electron chi connectivity index (χ3n) is 4.51. The quantitative estimate of drug-likeness (QED) is 0.595. The number of sulfone groups is 1. The second kappa shape index (κ2) is 10.1. The van der Waals surface area contributed by atoms with E-state index in [-0.39, 0.29) is 29.3 Å². The summed E-state index contributed by atoms with van der Waals surface area (Å²) in [6.45, 7) is 1.09. The highest BCUT2D eigenvalue weighted by molar-refractivity contribution is 7.90. The van der Waals surface area contributed by atoms with Gasteiger partial charge in [0.25, 0.3) is 5.91 Å². The van der Waals surface area contributed by atoms with Gasteiger partial charge in [-0.05, 0) is 37.7 Å². The minimum absolute atomic E-state index is 0.0300. The summed E-state index contributed by atoms with van der Waals surface area (Å²) in [4.78, 5) is 15.3. The van der Waals surface area contributed by atoms with E-state index in [2.05, 4.69) is 0 Å². The predicted octanol–water partition coefficient (Wildman–Crippen LogP) is 3.62. The van der Waals surface area contributed by atoms with Crippen LogP contribution in [0, 0.1) is 0 Å². The van der Waals surface area contributed by atoms with E-state index >= 15 is 0 Å². The van der Waals surface area contributed by atoms with Crippen LogP contribution in [0.1, 0.15) is 22.8 Å². The number of carbonyl (C=O) groups excluding carboxylic acids is 1. The van der Waals surface area contributed by atoms with Gasteiger partial charge in [-0.1, -0.05) is 36.4 Å². The summed E-state index contributed by atoms with van der Waals surface area (Å²) in [6.07, 6.45) is -4.31. The van der Waals surface area contributed by atoms with Gasteiger partial charge in [-0.25, -0.2) is 8.42 Å². The fraction of sp³-hybridized carbons (Fsp3) is 0.381. The molecule has 0 aromatic heterocycles. The Hall–Kier alpha value is -2.39. The molecule has 0 spiro atoms. The second-order valence-electron chi connectivity index (χ2n) is 7.01. The molecule has 2 rings (SSSR count). The van der Waals surface area contributed by atoms with Crippen LogP contribution < -0.4 is 0 Å². The molecular formula is C21H25F3N2O3S. The molecule has 0 bridgehead atoms. The number of alkyl halides is 3. The van der Waals surface area contributed by atoms with Gasteiger partial charge >= 0.3 is 6.18 Å². The normalized spacial score (nSPS) is 12.2. The van der Waals surface area contributed by atoms with Crippen LogP contribution in [0.5, 0.6) is 0 Å². The molecule has 0 radical (unpaired) electrons. The van der Waals surface area contributed by atoms with Crippen molar-refractivity contribution in [1.82, 2.24) is 9.80 Å². The third kappa shape index (κ3) is 7.14. The van der Waals surface area contributed by atoms with Gasteiger partial charge in [0.05, 0.1) is 17.2 Å². The molecule has 0 N–H and O–H groups in total. The summed E-state index contributed by atoms with van der Waals surface area (Å²) < 4.78 is 62.9. The van der Waals surface area contributed by atoms with Crippen molar-refractivity contribution < 1.29 is 26.4 Å². The first-order chi connectivity index (χ1) is 14.0. The van der Waals surface area contributed by atoms with Crippen molar-refractivity contribution in [3.63, 3.8) is 0 Å². The van der Waals surface area contributed by atoms with Crippen molar-refractivity contribution in [2.75, 3.05) is 33.2 Å². The van der Waals surface area contributed by atoms with Gasteiger partial charge in [0, 0.05) is 25.2 Å². The van der Waals surface area contributed by atoms with Crippen LogP contribution in [-0.4, -0.2) is 63.5 Å². The Kier molecular flexibility index (Phi) is 8.03. The maximum Gasteiger partial charge on any atom is 0.401 e. The molecule has 0 aliphatic carbocycles. The van der Waals surface area contributed by atoms with E-state index < -0.39 is 28.5 Å². The van der Waals surface area contributed by atoms with Crippen molar-refractivity contribution in [2.45, 2.75) is 23.7 Å². The Morgan fingerprint density at radius 3 is 2.27 bits per heavy atom. The van der Waals surface area contributed by atoms with Gasteiger partial charge in [0.15, 0.2) is 9.84 Å². The number of hydrogen-bond donors (Lipinski definition) is 0. The van der Waals surface area contributed by atoms with E-state index in [9.17, 15) is 26.4 Å². The molecule has 0 unspecified atom stereocenters. The van der Waals surface area contributed by atoms with E-state index in [4.69, 9.17) is 0 Å². The van der Waals surface area contributed by atoms with E-state index in [0.29, 0.717) is 12.1 Å². The average molecular weight is 443 g/mol. The zero-order valence-corrected chi connectivity index (χ0v) is 17.7. The van der Waals surface area contributed by atoms with Gasteiger partial charge in [-0.2, -0.15) is 13.2 Å². The monoisotopic (exact) mass is 442 g/mol. The fourth-order valence-corrected chi connectivity index (χ4v) is 4.35. The molecule has 0 saturated carbocycles. The lowest BCUT2D eigenvalue weighted by Crippen LogP contribution is -2.40. The van der Waals surface area contributed by atoms with Gasteiger partial charge in [-0.3, -0.25) is 9.69 Å². The Bertz CT molecular complexity index is 947. The Morgan fingerprint density at radius 1 is 1.00 bits per heavy atom. The number of rotatable bonds is 9. The summed E-state index contributed by atoms with van der Waals surface area (Å²) in [5, 5.41) is 0. The highest BCUT2D eigenvalue weighted by Crippen LogP contribution is 2.19. The number of carbonyl (C=O) groups is 1. The van der Waals surface area contributed by atoms with Crippen molar-refractivity contribution in [3.05, 3.63) is 65.7 Å². The molecule has 2 aromatic rings. The van der Waals surface area contributed by atoms with E-state index in [1.165, 1.54) is 36.2 Å². The van der Waals surface area contributed by atoms with E-state index in [0.717, 1.165) is 4.90 Å². The number of amides is 1. The van der Waals surface area contributed by atoms with Gasteiger partial charge in [-0.15, -0.1) is 0 Å². The molecule has 2 aromatic carbocycles. The first-order valence-electron chi connectivity index (χ1n) is 9.43. The van der Waals surface area contributed by atoms with Crippen LogP contribution in [0.4, 0.5) is 13.2 Å². The molecule has 0 aliphatic rings. The summed E-state index contributed by atoms with van der Waals surface area (Å²) in [5.74, 6) is -0.611. The lowest BCUT2D eigenvalue weighted by Gasteiger charge is -2.25. The molecule has 0 saturated heterocycles. The van der Waals surface area contributed by atoms with E-state index in [1.807, 2.05) is 0 Å². The van der Waals surface area contributed by atoms with Crippen molar-refractivity contribution >= 4 is 15.7 Å².